The molecule has 0 radical (unpaired) electrons. The Labute approximate surface area is 163 Å². The molecule has 0 bridgehead atoms. The molecular formula is C23H22FN3O. The normalized spacial score (nSPS) is 10.3. The van der Waals surface area contributed by atoms with Crippen LogP contribution >= 0.6 is 0 Å². The van der Waals surface area contributed by atoms with Gasteiger partial charge in [-0.25, -0.2) is 4.98 Å². The summed E-state index contributed by atoms with van der Waals surface area (Å²) in [4.78, 5) is 16.1. The minimum atomic E-state index is -0.623. The monoisotopic (exact) mass is 375 g/mol. The highest BCUT2D eigenvalue weighted by Gasteiger charge is 2.14. The van der Waals surface area contributed by atoms with Gasteiger partial charge in [-0.3, -0.25) is 4.79 Å². The summed E-state index contributed by atoms with van der Waals surface area (Å²) in [6.45, 7) is 4.00. The molecule has 1 amide bonds. The number of hydrogen-bond donors (Lipinski definition) is 1. The molecule has 4 nitrogen and oxygen atoms in total. The fourth-order valence-corrected chi connectivity index (χ4v) is 3.02. The standard InChI is InChI=1S/C21H16FN3O.C2H6/c1-25-17-10-6-5-9-15(17)13-18(25)16-11-12-19(23-20(16)22)24-21(26)14-7-3-2-4-8-14;1-2/h2-13H,1H3,(H,23,24,26);1-2H3. The first-order valence-electron chi connectivity index (χ1n) is 9.21. The second-order valence-corrected chi connectivity index (χ2v) is 6.00. The zero-order valence-electron chi connectivity index (χ0n) is 16.1. The lowest BCUT2D eigenvalue weighted by Gasteiger charge is -2.08. The van der Waals surface area contributed by atoms with Gasteiger partial charge < -0.3 is 9.88 Å². The summed E-state index contributed by atoms with van der Waals surface area (Å²) in [7, 11) is 1.89. The van der Waals surface area contributed by atoms with Crippen molar-refractivity contribution in [2.45, 2.75) is 13.8 Å². The van der Waals surface area contributed by atoms with Crippen molar-refractivity contribution in [1.82, 2.24) is 9.55 Å². The highest BCUT2D eigenvalue weighted by atomic mass is 19.1. The van der Waals surface area contributed by atoms with Crippen LogP contribution < -0.4 is 5.32 Å². The average Bonchev–Trinajstić information content (AvgIpc) is 3.07. The lowest BCUT2D eigenvalue weighted by molar-refractivity contribution is 0.102. The number of carbonyl (C=O) groups is 1. The van der Waals surface area contributed by atoms with Gasteiger partial charge in [-0.15, -0.1) is 0 Å². The average molecular weight is 375 g/mol. The van der Waals surface area contributed by atoms with Crippen LogP contribution in [-0.2, 0) is 7.05 Å². The van der Waals surface area contributed by atoms with E-state index in [1.165, 1.54) is 0 Å². The number of benzene rings is 2. The maximum Gasteiger partial charge on any atom is 0.256 e. The number of hydrogen-bond acceptors (Lipinski definition) is 2. The SMILES string of the molecule is CC.Cn1c(-c2ccc(NC(=O)c3ccccc3)nc2F)cc2ccccc21. The first-order valence-corrected chi connectivity index (χ1v) is 9.21. The summed E-state index contributed by atoms with van der Waals surface area (Å²) in [5.74, 6) is -0.768. The summed E-state index contributed by atoms with van der Waals surface area (Å²) < 4.78 is 16.5. The van der Waals surface area contributed by atoms with Crippen molar-refractivity contribution >= 4 is 22.6 Å². The van der Waals surface area contributed by atoms with E-state index in [1.54, 1.807) is 36.4 Å². The molecule has 5 heteroatoms. The van der Waals surface area contributed by atoms with Crippen molar-refractivity contribution in [2.75, 3.05) is 5.32 Å². The van der Waals surface area contributed by atoms with E-state index < -0.39 is 5.95 Å². The smallest absolute Gasteiger partial charge is 0.256 e. The molecule has 0 aliphatic heterocycles. The number of amides is 1. The van der Waals surface area contributed by atoms with Crippen LogP contribution in [0.4, 0.5) is 10.2 Å². The van der Waals surface area contributed by atoms with Crippen LogP contribution in [0.5, 0.6) is 0 Å². The third-order valence-electron chi connectivity index (χ3n) is 4.35. The zero-order chi connectivity index (χ0) is 20.1. The summed E-state index contributed by atoms with van der Waals surface area (Å²) in [5, 5.41) is 3.66. The van der Waals surface area contributed by atoms with E-state index in [4.69, 9.17) is 0 Å². The molecule has 2 heterocycles. The van der Waals surface area contributed by atoms with E-state index in [0.29, 0.717) is 11.1 Å². The molecule has 0 fully saturated rings. The molecule has 0 spiro atoms. The molecular weight excluding hydrogens is 353 g/mol. The number of carbonyl (C=O) groups excluding carboxylic acids is 1. The Morgan fingerprint density at radius 3 is 2.32 bits per heavy atom. The van der Waals surface area contributed by atoms with E-state index in [1.807, 2.05) is 61.9 Å². The van der Waals surface area contributed by atoms with Crippen molar-refractivity contribution in [3.8, 4) is 11.3 Å². The molecule has 0 saturated heterocycles. The third kappa shape index (κ3) is 3.78. The van der Waals surface area contributed by atoms with Gasteiger partial charge in [0.25, 0.3) is 5.91 Å². The summed E-state index contributed by atoms with van der Waals surface area (Å²) in [6.07, 6.45) is 0. The van der Waals surface area contributed by atoms with Gasteiger partial charge >= 0.3 is 0 Å². The number of pyridine rings is 1. The molecule has 1 N–H and O–H groups in total. The Bertz CT molecular complexity index is 1100. The van der Waals surface area contributed by atoms with Gasteiger partial charge in [0.15, 0.2) is 0 Å². The second kappa shape index (κ2) is 8.48. The zero-order valence-corrected chi connectivity index (χ0v) is 16.1. The Balaban J connectivity index is 0.00000109. The van der Waals surface area contributed by atoms with Gasteiger partial charge in [-0.1, -0.05) is 50.2 Å². The van der Waals surface area contributed by atoms with Crippen LogP contribution in [0.2, 0.25) is 0 Å². The molecule has 4 rings (SSSR count). The summed E-state index contributed by atoms with van der Waals surface area (Å²) in [6, 6.07) is 21.8. The lowest BCUT2D eigenvalue weighted by Crippen LogP contribution is -2.13. The van der Waals surface area contributed by atoms with E-state index in [-0.39, 0.29) is 11.7 Å². The van der Waals surface area contributed by atoms with Gasteiger partial charge in [0.2, 0.25) is 5.95 Å². The van der Waals surface area contributed by atoms with Crippen molar-refractivity contribution in [3.05, 3.63) is 84.3 Å². The predicted molar refractivity (Wildman–Crippen MR) is 112 cm³/mol. The van der Waals surface area contributed by atoms with Crippen LogP contribution in [-0.4, -0.2) is 15.5 Å². The number of rotatable bonds is 3. The Hall–Kier alpha value is -3.47. The minimum absolute atomic E-state index is 0.180. The molecule has 0 atom stereocenters. The number of nitrogens with one attached hydrogen (secondary N) is 1. The fourth-order valence-electron chi connectivity index (χ4n) is 3.02. The molecule has 2 aromatic carbocycles. The Kier molecular flexibility index (Phi) is 5.84. The Morgan fingerprint density at radius 2 is 1.64 bits per heavy atom. The molecule has 142 valence electrons. The van der Waals surface area contributed by atoms with Crippen LogP contribution in [0.25, 0.3) is 22.2 Å². The molecule has 0 unspecified atom stereocenters. The number of para-hydroxylation sites is 1. The number of aromatic nitrogens is 2. The maximum atomic E-state index is 14.6. The van der Waals surface area contributed by atoms with Crippen molar-refractivity contribution in [1.29, 1.82) is 0 Å². The number of halogens is 1. The molecule has 28 heavy (non-hydrogen) atoms. The number of fused-ring (bicyclic) bond motifs is 1. The predicted octanol–water partition coefficient (Wildman–Crippen LogP) is 5.66. The first kappa shape index (κ1) is 19.3. The van der Waals surface area contributed by atoms with E-state index >= 15 is 0 Å². The van der Waals surface area contributed by atoms with Crippen LogP contribution in [0.3, 0.4) is 0 Å². The van der Waals surface area contributed by atoms with Gasteiger partial charge in [0.1, 0.15) is 5.82 Å². The van der Waals surface area contributed by atoms with Crippen LogP contribution in [0.1, 0.15) is 24.2 Å². The van der Waals surface area contributed by atoms with Crippen molar-refractivity contribution in [3.63, 3.8) is 0 Å². The van der Waals surface area contributed by atoms with Gasteiger partial charge in [-0.2, -0.15) is 4.39 Å². The second-order valence-electron chi connectivity index (χ2n) is 6.00. The highest BCUT2D eigenvalue weighted by molar-refractivity contribution is 6.03. The van der Waals surface area contributed by atoms with Crippen LogP contribution in [0.15, 0.2) is 72.8 Å². The molecule has 4 aromatic rings. The Morgan fingerprint density at radius 1 is 0.964 bits per heavy atom. The largest absolute Gasteiger partial charge is 0.343 e. The van der Waals surface area contributed by atoms with E-state index in [2.05, 4.69) is 10.3 Å². The fraction of sp³-hybridized carbons (Fsp3) is 0.130. The van der Waals surface area contributed by atoms with Crippen LogP contribution in [0, 0.1) is 5.95 Å². The number of nitrogens with zero attached hydrogens (tertiary/aromatic N) is 2. The van der Waals surface area contributed by atoms with Crippen molar-refractivity contribution in [2.24, 2.45) is 7.05 Å². The first-order chi connectivity index (χ1) is 13.6. The number of anilines is 1. The molecule has 2 aromatic heterocycles. The molecule has 0 aliphatic carbocycles. The molecule has 0 saturated carbocycles. The van der Waals surface area contributed by atoms with Crippen molar-refractivity contribution < 1.29 is 9.18 Å². The lowest BCUT2D eigenvalue weighted by atomic mass is 10.2. The number of aryl methyl sites for hydroxylation is 1. The quantitative estimate of drug-likeness (QED) is 0.470. The van der Waals surface area contributed by atoms with E-state index in [9.17, 15) is 9.18 Å². The molecule has 0 aliphatic rings. The van der Waals surface area contributed by atoms with Gasteiger partial charge in [0.05, 0.1) is 11.3 Å². The van der Waals surface area contributed by atoms with Gasteiger partial charge in [0, 0.05) is 23.5 Å². The van der Waals surface area contributed by atoms with E-state index in [0.717, 1.165) is 16.6 Å². The highest BCUT2D eigenvalue weighted by Crippen LogP contribution is 2.29. The minimum Gasteiger partial charge on any atom is -0.343 e. The summed E-state index contributed by atoms with van der Waals surface area (Å²) >= 11 is 0. The summed E-state index contributed by atoms with van der Waals surface area (Å²) in [5.41, 5.74) is 2.63. The van der Waals surface area contributed by atoms with Gasteiger partial charge in [-0.05, 0) is 36.4 Å². The third-order valence-corrected chi connectivity index (χ3v) is 4.35. The topological polar surface area (TPSA) is 46.9 Å². The maximum absolute atomic E-state index is 14.6.